The van der Waals surface area contributed by atoms with Gasteiger partial charge in [0.25, 0.3) is 5.56 Å². The highest BCUT2D eigenvalue weighted by atomic mass is 32.2. The van der Waals surface area contributed by atoms with E-state index in [1.807, 2.05) is 42.5 Å². The molecule has 134 valence electrons. The number of aryl methyl sites for hydroxylation is 1. The zero-order valence-corrected chi connectivity index (χ0v) is 16.3. The highest BCUT2D eigenvalue weighted by Gasteiger charge is 2.12. The molecule has 5 nitrogen and oxygen atoms in total. The molecule has 0 radical (unpaired) electrons. The van der Waals surface area contributed by atoms with Crippen LogP contribution in [0.3, 0.4) is 0 Å². The van der Waals surface area contributed by atoms with Gasteiger partial charge in [0.05, 0.1) is 26.9 Å². The number of thioether (sulfide) groups is 1. The molecular weight excluding hydrogens is 376 g/mol. The van der Waals surface area contributed by atoms with E-state index in [9.17, 15) is 4.79 Å². The van der Waals surface area contributed by atoms with Crippen molar-refractivity contribution in [2.75, 3.05) is 0 Å². The molecule has 0 atom stereocenters. The van der Waals surface area contributed by atoms with Crippen LogP contribution in [0.1, 0.15) is 12.6 Å². The van der Waals surface area contributed by atoms with Crippen molar-refractivity contribution in [3.05, 3.63) is 70.6 Å². The molecule has 27 heavy (non-hydrogen) atoms. The van der Waals surface area contributed by atoms with Gasteiger partial charge in [0.2, 0.25) is 0 Å². The van der Waals surface area contributed by atoms with Crippen LogP contribution in [0, 0.1) is 0 Å². The van der Waals surface area contributed by atoms with Crippen molar-refractivity contribution in [1.82, 2.24) is 18.9 Å². The molecule has 0 aliphatic heterocycles. The van der Waals surface area contributed by atoms with E-state index in [0.29, 0.717) is 5.75 Å². The largest absolute Gasteiger partial charge is 0.319 e. The Hall–Kier alpha value is -2.64. The third kappa shape index (κ3) is 2.74. The molecule has 3 aromatic heterocycles. The van der Waals surface area contributed by atoms with Gasteiger partial charge in [0.15, 0.2) is 10.1 Å². The normalized spacial score (nSPS) is 11.7. The van der Waals surface area contributed by atoms with Crippen molar-refractivity contribution in [3.63, 3.8) is 0 Å². The maximum absolute atomic E-state index is 12.6. The second-order valence-corrected chi connectivity index (χ2v) is 8.14. The molecule has 0 bridgehead atoms. The Morgan fingerprint density at radius 1 is 1.04 bits per heavy atom. The first-order chi connectivity index (χ1) is 13.2. The molecule has 2 aromatic carbocycles. The molecule has 0 aliphatic rings. The van der Waals surface area contributed by atoms with Crippen molar-refractivity contribution in [3.8, 4) is 0 Å². The fourth-order valence-corrected chi connectivity index (χ4v) is 5.33. The summed E-state index contributed by atoms with van der Waals surface area (Å²) in [4.78, 5) is 22.8. The maximum atomic E-state index is 12.6. The molecule has 3 heterocycles. The third-order valence-corrected chi connectivity index (χ3v) is 6.56. The number of aromatic nitrogens is 4. The Balaban J connectivity index is 1.52. The molecule has 0 spiro atoms. The van der Waals surface area contributed by atoms with Crippen LogP contribution in [0.2, 0.25) is 0 Å². The zero-order chi connectivity index (χ0) is 18.4. The van der Waals surface area contributed by atoms with E-state index in [0.717, 1.165) is 43.6 Å². The van der Waals surface area contributed by atoms with E-state index in [-0.39, 0.29) is 5.56 Å². The quantitative estimate of drug-likeness (QED) is 0.420. The number of nitrogens with zero attached hydrogens (tertiary/aromatic N) is 4. The molecule has 5 aromatic rings. The van der Waals surface area contributed by atoms with Crippen molar-refractivity contribution in [1.29, 1.82) is 0 Å². The van der Waals surface area contributed by atoms with Gasteiger partial charge in [-0.1, -0.05) is 47.4 Å². The molecule has 0 saturated heterocycles. The average molecular weight is 393 g/mol. The number of benzene rings is 2. The average Bonchev–Trinajstić information content (AvgIpc) is 3.23. The van der Waals surface area contributed by atoms with E-state index in [1.165, 1.54) is 0 Å². The number of fused-ring (bicyclic) bond motifs is 4. The minimum atomic E-state index is -0.0305. The second-order valence-electron chi connectivity index (χ2n) is 6.19. The van der Waals surface area contributed by atoms with Crippen LogP contribution in [0.25, 0.3) is 26.2 Å². The highest BCUT2D eigenvalue weighted by molar-refractivity contribution is 7.98. The fourth-order valence-electron chi connectivity index (χ4n) is 3.30. The van der Waals surface area contributed by atoms with Crippen molar-refractivity contribution in [2.24, 2.45) is 0 Å². The molecule has 7 heteroatoms. The number of imidazole rings is 1. The maximum Gasteiger partial charge on any atom is 0.259 e. The third-order valence-electron chi connectivity index (χ3n) is 4.53. The number of hydrogen-bond acceptors (Lipinski definition) is 5. The van der Waals surface area contributed by atoms with Gasteiger partial charge in [-0.25, -0.2) is 9.97 Å². The Morgan fingerprint density at radius 3 is 2.67 bits per heavy atom. The lowest BCUT2D eigenvalue weighted by atomic mass is 10.3. The molecule has 0 aliphatic carbocycles. The second kappa shape index (κ2) is 6.51. The van der Waals surface area contributed by atoms with Gasteiger partial charge in [-0.05, 0) is 31.2 Å². The van der Waals surface area contributed by atoms with E-state index in [1.54, 1.807) is 33.6 Å². The van der Waals surface area contributed by atoms with E-state index < -0.39 is 0 Å². The summed E-state index contributed by atoms with van der Waals surface area (Å²) in [7, 11) is 0. The van der Waals surface area contributed by atoms with Crippen molar-refractivity contribution >= 4 is 49.3 Å². The van der Waals surface area contributed by atoms with E-state index in [2.05, 4.69) is 17.6 Å². The number of rotatable bonds is 4. The standard InChI is InChI=1S/C20H16N4OS2/c1-2-23-15-8-4-3-7-14(15)22-19(23)26-12-13-11-18(25)24-16-9-5-6-10-17(16)27-20(24)21-13/h3-11H,2,12H2,1H3. The molecule has 0 amide bonds. The Labute approximate surface area is 163 Å². The summed E-state index contributed by atoms with van der Waals surface area (Å²) in [6.07, 6.45) is 0. The summed E-state index contributed by atoms with van der Waals surface area (Å²) < 4.78 is 4.96. The predicted octanol–water partition coefficient (Wildman–Crippen LogP) is 4.57. The summed E-state index contributed by atoms with van der Waals surface area (Å²) in [5, 5.41) is 0.956. The predicted molar refractivity (Wildman–Crippen MR) is 112 cm³/mol. The van der Waals surface area contributed by atoms with Gasteiger partial charge in [-0.3, -0.25) is 9.20 Å². The summed E-state index contributed by atoms with van der Waals surface area (Å²) in [5.74, 6) is 0.614. The Morgan fingerprint density at radius 2 is 1.81 bits per heavy atom. The van der Waals surface area contributed by atoms with Crippen LogP contribution in [0.15, 0.2) is 64.5 Å². The summed E-state index contributed by atoms with van der Waals surface area (Å²) in [5.41, 5.74) is 3.80. The van der Waals surface area contributed by atoms with Crippen LogP contribution in [0.4, 0.5) is 0 Å². The number of para-hydroxylation sites is 3. The first-order valence-electron chi connectivity index (χ1n) is 8.73. The molecule has 0 fully saturated rings. The Kier molecular flexibility index (Phi) is 3.98. The first kappa shape index (κ1) is 16.5. The molecule has 0 unspecified atom stereocenters. The van der Waals surface area contributed by atoms with Gasteiger partial charge < -0.3 is 4.57 Å². The van der Waals surface area contributed by atoms with Gasteiger partial charge in [-0.2, -0.15) is 0 Å². The molecular formula is C20H16N4OS2. The summed E-state index contributed by atoms with van der Waals surface area (Å²) in [6.45, 7) is 2.97. The van der Waals surface area contributed by atoms with Crippen LogP contribution in [0.5, 0.6) is 0 Å². The summed E-state index contributed by atoms with van der Waals surface area (Å²) in [6, 6.07) is 17.7. The molecule has 0 N–H and O–H groups in total. The lowest BCUT2D eigenvalue weighted by molar-refractivity contribution is 0.702. The monoisotopic (exact) mass is 392 g/mol. The van der Waals surface area contributed by atoms with Gasteiger partial charge in [0.1, 0.15) is 0 Å². The van der Waals surface area contributed by atoms with E-state index in [4.69, 9.17) is 9.97 Å². The molecule has 0 saturated carbocycles. The van der Waals surface area contributed by atoms with E-state index >= 15 is 0 Å². The van der Waals surface area contributed by atoms with Crippen molar-refractivity contribution in [2.45, 2.75) is 24.4 Å². The minimum Gasteiger partial charge on any atom is -0.319 e. The van der Waals surface area contributed by atoms with Gasteiger partial charge in [0, 0.05) is 18.4 Å². The minimum absolute atomic E-state index is 0.0305. The smallest absolute Gasteiger partial charge is 0.259 e. The lowest BCUT2D eigenvalue weighted by Crippen LogP contribution is -2.13. The first-order valence-corrected chi connectivity index (χ1v) is 10.5. The van der Waals surface area contributed by atoms with Gasteiger partial charge in [-0.15, -0.1) is 0 Å². The zero-order valence-electron chi connectivity index (χ0n) is 14.6. The topological polar surface area (TPSA) is 52.2 Å². The lowest BCUT2D eigenvalue weighted by Gasteiger charge is -2.05. The summed E-state index contributed by atoms with van der Waals surface area (Å²) >= 11 is 3.17. The molecule has 5 rings (SSSR count). The van der Waals surface area contributed by atoms with Crippen molar-refractivity contribution < 1.29 is 0 Å². The number of thiazole rings is 1. The van der Waals surface area contributed by atoms with Gasteiger partial charge >= 0.3 is 0 Å². The SMILES string of the molecule is CCn1c(SCc2cc(=O)n3c(n2)sc2ccccc23)nc2ccccc21. The van der Waals surface area contributed by atoms with Crippen LogP contribution < -0.4 is 5.56 Å². The fraction of sp³-hybridized carbons (Fsp3) is 0.150. The highest BCUT2D eigenvalue weighted by Crippen LogP contribution is 2.27. The number of hydrogen-bond donors (Lipinski definition) is 0. The van der Waals surface area contributed by atoms with Crippen LogP contribution >= 0.6 is 23.1 Å². The van der Waals surface area contributed by atoms with Crippen LogP contribution in [-0.2, 0) is 12.3 Å². The Bertz CT molecular complexity index is 1350. The van der Waals surface area contributed by atoms with Crippen LogP contribution in [-0.4, -0.2) is 18.9 Å².